The Kier molecular flexibility index (Phi) is 2.90. The molecule has 1 atom stereocenters. The third-order valence-electron chi connectivity index (χ3n) is 2.03. The molecule has 1 rings (SSSR count). The first-order valence-electron chi connectivity index (χ1n) is 3.91. The van der Waals surface area contributed by atoms with Gasteiger partial charge in [-0.2, -0.15) is 5.06 Å². The van der Waals surface area contributed by atoms with Crippen molar-refractivity contribution in [3.63, 3.8) is 0 Å². The van der Waals surface area contributed by atoms with E-state index < -0.39 is 0 Å². The van der Waals surface area contributed by atoms with Crippen molar-refractivity contribution in [3.05, 3.63) is 12.7 Å². The summed E-state index contributed by atoms with van der Waals surface area (Å²) in [6, 6.07) is 0.339. The maximum atomic E-state index is 9.29. The highest BCUT2D eigenvalue weighted by Crippen LogP contribution is 2.17. The van der Waals surface area contributed by atoms with Crippen molar-refractivity contribution < 1.29 is 5.21 Å². The zero-order valence-corrected chi connectivity index (χ0v) is 6.29. The second-order valence-electron chi connectivity index (χ2n) is 2.84. The van der Waals surface area contributed by atoms with Crippen molar-refractivity contribution in [1.29, 1.82) is 0 Å². The summed E-state index contributed by atoms with van der Waals surface area (Å²) in [6.45, 7) is 4.48. The lowest BCUT2D eigenvalue weighted by atomic mass is 10.0. The second-order valence-corrected chi connectivity index (χ2v) is 2.84. The Hall–Kier alpha value is -0.340. The molecule has 0 aromatic rings. The standard InChI is InChI=1S/C8H15NO/c1-2-5-8-6-3-4-7-9(8)10/h2,8,10H,1,3-7H2. The minimum absolute atomic E-state index is 0.339. The van der Waals surface area contributed by atoms with Crippen molar-refractivity contribution in [2.75, 3.05) is 6.54 Å². The molecule has 0 spiro atoms. The van der Waals surface area contributed by atoms with Crippen LogP contribution in [0.5, 0.6) is 0 Å². The summed E-state index contributed by atoms with van der Waals surface area (Å²) in [5.41, 5.74) is 0. The summed E-state index contributed by atoms with van der Waals surface area (Å²) in [4.78, 5) is 0. The molecule has 1 unspecified atom stereocenters. The first-order valence-corrected chi connectivity index (χ1v) is 3.91. The van der Waals surface area contributed by atoms with Crippen LogP contribution in [0.4, 0.5) is 0 Å². The predicted molar refractivity (Wildman–Crippen MR) is 40.9 cm³/mol. The lowest BCUT2D eigenvalue weighted by Crippen LogP contribution is -2.36. The molecular weight excluding hydrogens is 126 g/mol. The third kappa shape index (κ3) is 1.82. The highest BCUT2D eigenvalue weighted by Gasteiger charge is 2.18. The highest BCUT2D eigenvalue weighted by atomic mass is 16.5. The van der Waals surface area contributed by atoms with Crippen LogP contribution >= 0.6 is 0 Å². The van der Waals surface area contributed by atoms with E-state index in [1.54, 1.807) is 0 Å². The first-order chi connectivity index (χ1) is 4.84. The van der Waals surface area contributed by atoms with Gasteiger partial charge in [0.05, 0.1) is 0 Å². The van der Waals surface area contributed by atoms with Gasteiger partial charge >= 0.3 is 0 Å². The molecule has 2 heteroatoms. The quantitative estimate of drug-likeness (QED) is 0.593. The molecule has 1 N–H and O–H groups in total. The number of rotatable bonds is 2. The van der Waals surface area contributed by atoms with E-state index in [-0.39, 0.29) is 0 Å². The van der Waals surface area contributed by atoms with E-state index in [9.17, 15) is 5.21 Å². The van der Waals surface area contributed by atoms with Crippen molar-refractivity contribution in [2.45, 2.75) is 31.7 Å². The molecule has 0 bridgehead atoms. The summed E-state index contributed by atoms with van der Waals surface area (Å²) in [7, 11) is 0. The number of hydrogen-bond acceptors (Lipinski definition) is 2. The molecule has 2 nitrogen and oxygen atoms in total. The molecule has 10 heavy (non-hydrogen) atoms. The van der Waals surface area contributed by atoms with Gasteiger partial charge in [-0.15, -0.1) is 6.58 Å². The number of hydroxylamine groups is 2. The largest absolute Gasteiger partial charge is 0.314 e. The van der Waals surface area contributed by atoms with Gasteiger partial charge in [0.25, 0.3) is 0 Å². The second kappa shape index (κ2) is 3.74. The van der Waals surface area contributed by atoms with Gasteiger partial charge in [-0.1, -0.05) is 12.5 Å². The van der Waals surface area contributed by atoms with Gasteiger partial charge in [0.15, 0.2) is 0 Å². The zero-order valence-electron chi connectivity index (χ0n) is 6.29. The van der Waals surface area contributed by atoms with E-state index in [1.807, 2.05) is 6.08 Å². The summed E-state index contributed by atoms with van der Waals surface area (Å²) in [5.74, 6) is 0. The number of hydrogen-bond donors (Lipinski definition) is 1. The average molecular weight is 141 g/mol. The summed E-state index contributed by atoms with van der Waals surface area (Å²) in [6.07, 6.45) is 6.28. The fourth-order valence-electron chi connectivity index (χ4n) is 1.42. The van der Waals surface area contributed by atoms with Crippen molar-refractivity contribution in [3.8, 4) is 0 Å². The Bertz CT molecular complexity index is 114. The molecule has 58 valence electrons. The topological polar surface area (TPSA) is 23.5 Å². The van der Waals surface area contributed by atoms with E-state index in [2.05, 4.69) is 6.58 Å². The molecule has 0 aliphatic carbocycles. The molecule has 0 radical (unpaired) electrons. The molecule has 0 saturated carbocycles. The minimum atomic E-state index is 0.339. The average Bonchev–Trinajstić information content (AvgIpc) is 1.94. The van der Waals surface area contributed by atoms with Crippen molar-refractivity contribution in [2.24, 2.45) is 0 Å². The maximum absolute atomic E-state index is 9.29. The SMILES string of the molecule is C=CCC1CCCCN1O. The van der Waals surface area contributed by atoms with Crippen molar-refractivity contribution >= 4 is 0 Å². The fraction of sp³-hybridized carbons (Fsp3) is 0.750. The van der Waals surface area contributed by atoms with Gasteiger partial charge in [0, 0.05) is 12.6 Å². The summed E-state index contributed by atoms with van der Waals surface area (Å²) in [5, 5.41) is 10.7. The Morgan fingerprint density at radius 1 is 1.60 bits per heavy atom. The minimum Gasteiger partial charge on any atom is -0.314 e. The van der Waals surface area contributed by atoms with Gasteiger partial charge in [-0.05, 0) is 19.3 Å². The van der Waals surface area contributed by atoms with Crippen LogP contribution in [0.2, 0.25) is 0 Å². The monoisotopic (exact) mass is 141 g/mol. The molecule has 1 aliphatic rings. The van der Waals surface area contributed by atoms with Crippen molar-refractivity contribution in [1.82, 2.24) is 5.06 Å². The van der Waals surface area contributed by atoms with Crippen LogP contribution in [0, 0.1) is 0 Å². The van der Waals surface area contributed by atoms with Crippen LogP contribution in [-0.4, -0.2) is 22.9 Å². The van der Waals surface area contributed by atoms with E-state index in [0.29, 0.717) is 6.04 Å². The molecule has 1 aliphatic heterocycles. The van der Waals surface area contributed by atoms with Crippen LogP contribution in [-0.2, 0) is 0 Å². The smallest absolute Gasteiger partial charge is 0.0384 e. The molecular formula is C8H15NO. The first kappa shape index (κ1) is 7.76. The fourth-order valence-corrected chi connectivity index (χ4v) is 1.42. The van der Waals surface area contributed by atoms with E-state index in [4.69, 9.17) is 0 Å². The molecule has 0 aromatic carbocycles. The van der Waals surface area contributed by atoms with E-state index >= 15 is 0 Å². The summed E-state index contributed by atoms with van der Waals surface area (Å²) >= 11 is 0. The molecule has 1 saturated heterocycles. The Morgan fingerprint density at radius 3 is 3.00 bits per heavy atom. The maximum Gasteiger partial charge on any atom is 0.0384 e. The Morgan fingerprint density at radius 2 is 2.40 bits per heavy atom. The molecule has 0 amide bonds. The Balaban J connectivity index is 2.32. The van der Waals surface area contributed by atoms with Gasteiger partial charge < -0.3 is 5.21 Å². The highest BCUT2D eigenvalue weighted by molar-refractivity contribution is 4.79. The van der Waals surface area contributed by atoms with Gasteiger partial charge in [0.1, 0.15) is 0 Å². The molecule has 1 heterocycles. The van der Waals surface area contributed by atoms with Gasteiger partial charge in [-0.25, -0.2) is 0 Å². The predicted octanol–water partition coefficient (Wildman–Crippen LogP) is 1.81. The lowest BCUT2D eigenvalue weighted by Gasteiger charge is -2.29. The molecule has 0 aromatic heterocycles. The van der Waals surface area contributed by atoms with Crippen LogP contribution in [0.3, 0.4) is 0 Å². The van der Waals surface area contributed by atoms with E-state index in [0.717, 1.165) is 25.8 Å². The third-order valence-corrected chi connectivity index (χ3v) is 2.03. The Labute approximate surface area is 62.1 Å². The zero-order chi connectivity index (χ0) is 7.40. The van der Waals surface area contributed by atoms with Gasteiger partial charge in [-0.3, -0.25) is 0 Å². The lowest BCUT2D eigenvalue weighted by molar-refractivity contribution is -0.140. The molecule has 1 fully saturated rings. The number of nitrogens with zero attached hydrogens (tertiary/aromatic N) is 1. The normalized spacial score (nSPS) is 28.3. The van der Waals surface area contributed by atoms with Gasteiger partial charge in [0.2, 0.25) is 0 Å². The van der Waals surface area contributed by atoms with Crippen LogP contribution in [0.15, 0.2) is 12.7 Å². The number of piperidine rings is 1. The van der Waals surface area contributed by atoms with Crippen LogP contribution in [0.25, 0.3) is 0 Å². The van der Waals surface area contributed by atoms with Crippen LogP contribution in [0.1, 0.15) is 25.7 Å². The summed E-state index contributed by atoms with van der Waals surface area (Å²) < 4.78 is 0. The van der Waals surface area contributed by atoms with Crippen LogP contribution < -0.4 is 0 Å². The van der Waals surface area contributed by atoms with E-state index in [1.165, 1.54) is 11.5 Å².